The second kappa shape index (κ2) is 8.56. The third kappa shape index (κ3) is 5.37. The number of nitrogens with two attached hydrogens (primary N) is 1. The number of nitrogens with zero attached hydrogens (tertiary/aromatic N) is 2. The lowest BCUT2D eigenvalue weighted by atomic mass is 9.96. The molecule has 3 rings (SSSR count). The molecule has 1 aliphatic rings. The van der Waals surface area contributed by atoms with Crippen LogP contribution in [0, 0.1) is 0 Å². The largest absolute Gasteiger partial charge is 0.491 e. The highest BCUT2D eigenvalue weighted by atomic mass is 16.5. The highest BCUT2D eigenvalue weighted by Crippen LogP contribution is 2.24. The minimum Gasteiger partial charge on any atom is -0.491 e. The number of aliphatic imine (C=N–C) groups is 1. The van der Waals surface area contributed by atoms with E-state index < -0.39 is 0 Å². The van der Waals surface area contributed by atoms with Gasteiger partial charge in [0.1, 0.15) is 11.9 Å². The number of hydrogen-bond acceptors (Lipinski definition) is 4. The van der Waals surface area contributed by atoms with Crippen molar-refractivity contribution < 1.29 is 9.47 Å². The molecule has 0 spiro atoms. The number of hydrogen-bond donors (Lipinski definition) is 2. The zero-order valence-corrected chi connectivity index (χ0v) is 15.3. The van der Waals surface area contributed by atoms with Crippen LogP contribution in [0.2, 0.25) is 0 Å². The quantitative estimate of drug-likeness (QED) is 0.585. The van der Waals surface area contributed by atoms with E-state index in [1.807, 2.05) is 50.2 Å². The van der Waals surface area contributed by atoms with E-state index >= 15 is 0 Å². The Labute approximate surface area is 154 Å². The van der Waals surface area contributed by atoms with E-state index in [1.165, 1.54) is 6.42 Å². The number of benzene rings is 1. The predicted molar refractivity (Wildman–Crippen MR) is 104 cm³/mol. The van der Waals surface area contributed by atoms with E-state index in [4.69, 9.17) is 15.2 Å². The molecule has 1 aromatic carbocycles. The predicted octanol–water partition coefficient (Wildman–Crippen LogP) is 3.73. The molecule has 0 saturated heterocycles. The molecule has 1 aliphatic carbocycles. The molecule has 6 nitrogen and oxygen atoms in total. The van der Waals surface area contributed by atoms with Crippen molar-refractivity contribution in [2.75, 3.05) is 5.32 Å². The van der Waals surface area contributed by atoms with Crippen molar-refractivity contribution in [1.29, 1.82) is 0 Å². The molecule has 1 heterocycles. The smallest absolute Gasteiger partial charge is 0.213 e. The zero-order chi connectivity index (χ0) is 18.4. The molecule has 0 radical (unpaired) electrons. The Morgan fingerprint density at radius 1 is 1.27 bits per heavy atom. The van der Waals surface area contributed by atoms with Gasteiger partial charge >= 0.3 is 0 Å². The van der Waals surface area contributed by atoms with Gasteiger partial charge in [-0.05, 0) is 69.0 Å². The van der Waals surface area contributed by atoms with Crippen LogP contribution < -0.4 is 20.5 Å². The van der Waals surface area contributed by atoms with Crippen LogP contribution in [0.5, 0.6) is 11.6 Å². The Kier molecular flexibility index (Phi) is 5.94. The number of guanidine groups is 1. The molecule has 3 N–H and O–H groups in total. The molecular weight excluding hydrogens is 328 g/mol. The first-order chi connectivity index (χ1) is 12.6. The molecule has 0 unspecified atom stereocenters. The summed E-state index contributed by atoms with van der Waals surface area (Å²) in [5, 5.41) is 3.08. The van der Waals surface area contributed by atoms with Gasteiger partial charge in [-0.2, -0.15) is 0 Å². The molecule has 0 aliphatic heterocycles. The fourth-order valence-electron chi connectivity index (χ4n) is 2.53. The van der Waals surface area contributed by atoms with Crippen molar-refractivity contribution in [3.63, 3.8) is 0 Å². The molecule has 2 aromatic rings. The highest BCUT2D eigenvalue weighted by molar-refractivity contribution is 5.92. The Bertz CT molecular complexity index is 740. The first kappa shape index (κ1) is 18.0. The fraction of sp³-hybridized carbons (Fsp3) is 0.400. The Balaban J connectivity index is 1.53. The normalized spacial score (nSPS) is 14.8. The van der Waals surface area contributed by atoms with Crippen LogP contribution in [0.1, 0.15) is 38.7 Å². The summed E-state index contributed by atoms with van der Waals surface area (Å²) in [5.41, 5.74) is 7.86. The second-order valence-corrected chi connectivity index (χ2v) is 6.69. The van der Waals surface area contributed by atoms with E-state index in [-0.39, 0.29) is 6.10 Å². The lowest BCUT2D eigenvalue weighted by molar-refractivity contribution is 0.114. The van der Waals surface area contributed by atoms with Gasteiger partial charge < -0.3 is 20.5 Å². The van der Waals surface area contributed by atoms with Gasteiger partial charge in [0.15, 0.2) is 5.96 Å². The van der Waals surface area contributed by atoms with Gasteiger partial charge in [-0.1, -0.05) is 0 Å². The van der Waals surface area contributed by atoms with Crippen LogP contribution in [0.15, 0.2) is 47.6 Å². The van der Waals surface area contributed by atoms with Gasteiger partial charge in [-0.25, -0.2) is 9.98 Å². The summed E-state index contributed by atoms with van der Waals surface area (Å²) in [6.07, 6.45) is 5.68. The topological polar surface area (TPSA) is 81.8 Å². The molecule has 26 heavy (non-hydrogen) atoms. The summed E-state index contributed by atoms with van der Waals surface area (Å²) in [7, 11) is 0. The highest BCUT2D eigenvalue weighted by Gasteiger charge is 2.19. The molecule has 0 amide bonds. The second-order valence-electron chi connectivity index (χ2n) is 6.69. The van der Waals surface area contributed by atoms with Crippen molar-refractivity contribution >= 4 is 11.6 Å². The molecule has 6 heteroatoms. The average molecular weight is 354 g/mol. The Morgan fingerprint density at radius 3 is 2.69 bits per heavy atom. The van der Waals surface area contributed by atoms with Crippen LogP contribution in [0.4, 0.5) is 5.69 Å². The number of nitrogens with one attached hydrogen (secondary N) is 1. The van der Waals surface area contributed by atoms with E-state index in [9.17, 15) is 0 Å². The summed E-state index contributed by atoms with van der Waals surface area (Å²) in [4.78, 5) is 8.64. The minimum atomic E-state index is 0.152. The number of ether oxygens (including phenoxy) is 2. The third-order valence-corrected chi connectivity index (χ3v) is 4.07. The maximum Gasteiger partial charge on any atom is 0.213 e. The monoisotopic (exact) mass is 354 g/mol. The number of anilines is 1. The van der Waals surface area contributed by atoms with Gasteiger partial charge in [-0.15, -0.1) is 0 Å². The Morgan fingerprint density at radius 2 is 2.04 bits per heavy atom. The standard InChI is InChI=1S/C20H26N4O2/c1-14(2)25-18-8-6-16(7-9-18)24-20(21)23-13-15-10-11-22-19(12-15)26-17-4-3-5-17/h6-12,14,17H,3-5,13H2,1-2H3,(H3,21,23,24). The molecular formula is C20H26N4O2. The summed E-state index contributed by atoms with van der Waals surface area (Å²) in [5.74, 6) is 1.85. The maximum atomic E-state index is 5.98. The van der Waals surface area contributed by atoms with Gasteiger partial charge in [0.25, 0.3) is 0 Å². The number of rotatable bonds is 7. The van der Waals surface area contributed by atoms with Crippen LogP contribution in [-0.2, 0) is 6.54 Å². The lowest BCUT2D eigenvalue weighted by Crippen LogP contribution is -2.25. The minimum absolute atomic E-state index is 0.152. The third-order valence-electron chi connectivity index (χ3n) is 4.07. The first-order valence-electron chi connectivity index (χ1n) is 9.04. The molecule has 138 valence electrons. The molecule has 0 atom stereocenters. The van der Waals surface area contributed by atoms with E-state index in [1.54, 1.807) is 6.20 Å². The maximum absolute atomic E-state index is 5.98. The van der Waals surface area contributed by atoms with E-state index in [0.29, 0.717) is 24.5 Å². The molecule has 0 bridgehead atoms. The van der Waals surface area contributed by atoms with Crippen LogP contribution in [-0.4, -0.2) is 23.2 Å². The van der Waals surface area contributed by atoms with Crippen molar-refractivity contribution in [3.8, 4) is 11.6 Å². The van der Waals surface area contributed by atoms with Crippen LogP contribution >= 0.6 is 0 Å². The van der Waals surface area contributed by atoms with E-state index in [2.05, 4.69) is 15.3 Å². The fourth-order valence-corrected chi connectivity index (χ4v) is 2.53. The van der Waals surface area contributed by atoms with Gasteiger partial charge in [-0.3, -0.25) is 0 Å². The average Bonchev–Trinajstić information content (AvgIpc) is 2.58. The summed E-state index contributed by atoms with van der Waals surface area (Å²) in [6, 6.07) is 11.5. The van der Waals surface area contributed by atoms with Crippen molar-refractivity contribution in [2.24, 2.45) is 10.7 Å². The Hall–Kier alpha value is -2.76. The van der Waals surface area contributed by atoms with Crippen molar-refractivity contribution in [2.45, 2.75) is 51.9 Å². The summed E-state index contributed by atoms with van der Waals surface area (Å²) in [6.45, 7) is 4.47. The summed E-state index contributed by atoms with van der Waals surface area (Å²) >= 11 is 0. The van der Waals surface area contributed by atoms with Crippen molar-refractivity contribution in [3.05, 3.63) is 48.2 Å². The number of pyridine rings is 1. The number of aromatic nitrogens is 1. The van der Waals surface area contributed by atoms with E-state index in [0.717, 1.165) is 29.8 Å². The summed E-state index contributed by atoms with van der Waals surface area (Å²) < 4.78 is 11.4. The van der Waals surface area contributed by atoms with Gasteiger partial charge in [0, 0.05) is 18.0 Å². The molecule has 1 aromatic heterocycles. The van der Waals surface area contributed by atoms with Crippen molar-refractivity contribution in [1.82, 2.24) is 4.98 Å². The molecule has 1 saturated carbocycles. The first-order valence-corrected chi connectivity index (χ1v) is 9.04. The molecule has 1 fully saturated rings. The van der Waals surface area contributed by atoms with Gasteiger partial charge in [0.2, 0.25) is 5.88 Å². The van der Waals surface area contributed by atoms with Crippen LogP contribution in [0.25, 0.3) is 0 Å². The SMILES string of the molecule is CC(C)Oc1ccc(NC(N)=NCc2ccnc(OC3CCC3)c2)cc1. The zero-order valence-electron chi connectivity index (χ0n) is 15.3. The lowest BCUT2D eigenvalue weighted by Gasteiger charge is -2.25. The van der Waals surface area contributed by atoms with Gasteiger partial charge in [0.05, 0.1) is 12.6 Å². The van der Waals surface area contributed by atoms with Crippen LogP contribution in [0.3, 0.4) is 0 Å².